The summed E-state index contributed by atoms with van der Waals surface area (Å²) in [6.45, 7) is 6.33. The van der Waals surface area contributed by atoms with E-state index in [1.807, 2.05) is 6.92 Å². The summed E-state index contributed by atoms with van der Waals surface area (Å²) in [4.78, 5) is 22.6. The molecule has 0 saturated carbocycles. The first kappa shape index (κ1) is 17.1. The van der Waals surface area contributed by atoms with Crippen molar-refractivity contribution in [2.45, 2.75) is 72.1 Å². The molecule has 0 amide bonds. The molecule has 3 nitrogen and oxygen atoms in total. The van der Waals surface area contributed by atoms with Crippen molar-refractivity contribution in [3.8, 4) is 0 Å². The fourth-order valence-electron chi connectivity index (χ4n) is 2.10. The second-order valence-corrected chi connectivity index (χ2v) is 5.49. The first-order chi connectivity index (χ1) is 8.49. The van der Waals surface area contributed by atoms with Crippen molar-refractivity contribution < 1.29 is 14.7 Å². The van der Waals surface area contributed by atoms with Gasteiger partial charge < -0.3 is 5.11 Å². The van der Waals surface area contributed by atoms with Crippen LogP contribution >= 0.6 is 0 Å². The maximum Gasteiger partial charge on any atom is 0.314 e. The normalized spacial score (nSPS) is 12.7. The summed E-state index contributed by atoms with van der Waals surface area (Å²) in [6, 6.07) is 0. The number of hydrogen-bond donors (Lipinski definition) is 1. The predicted molar refractivity (Wildman–Crippen MR) is 73.6 cm³/mol. The SMILES string of the molecule is CCCC(=O)C(CCCCCCC(C)C)C(=O)O. The fraction of sp³-hybridized carbons (Fsp3) is 0.867. The third-order valence-electron chi connectivity index (χ3n) is 3.21. The van der Waals surface area contributed by atoms with Crippen LogP contribution in [0, 0.1) is 11.8 Å². The number of carbonyl (C=O) groups is 2. The highest BCUT2D eigenvalue weighted by molar-refractivity contribution is 5.98. The topological polar surface area (TPSA) is 54.4 Å². The Hall–Kier alpha value is -0.860. The number of carbonyl (C=O) groups excluding carboxylic acids is 1. The number of ketones is 1. The van der Waals surface area contributed by atoms with Gasteiger partial charge in [0, 0.05) is 6.42 Å². The van der Waals surface area contributed by atoms with Crippen molar-refractivity contribution in [1.82, 2.24) is 0 Å². The van der Waals surface area contributed by atoms with Crippen LogP contribution in [0.5, 0.6) is 0 Å². The average Bonchev–Trinajstić information content (AvgIpc) is 2.27. The molecule has 0 bridgehead atoms. The molecule has 0 rings (SSSR count). The molecule has 1 unspecified atom stereocenters. The molecule has 0 heterocycles. The van der Waals surface area contributed by atoms with Gasteiger partial charge in [0.1, 0.15) is 11.7 Å². The predicted octanol–water partition coefficient (Wildman–Crippen LogP) is 4.05. The molecule has 106 valence electrons. The standard InChI is InChI=1S/C15H28O3/c1-4-9-14(16)13(15(17)18)11-8-6-5-7-10-12(2)3/h12-13H,4-11H2,1-3H3,(H,17,18). The van der Waals surface area contributed by atoms with E-state index < -0.39 is 11.9 Å². The van der Waals surface area contributed by atoms with E-state index in [1.165, 1.54) is 12.8 Å². The van der Waals surface area contributed by atoms with Crippen LogP contribution in [0.1, 0.15) is 72.1 Å². The summed E-state index contributed by atoms with van der Waals surface area (Å²) in [7, 11) is 0. The lowest BCUT2D eigenvalue weighted by Crippen LogP contribution is -2.23. The fourth-order valence-corrected chi connectivity index (χ4v) is 2.10. The quantitative estimate of drug-likeness (QED) is 0.448. The van der Waals surface area contributed by atoms with Crippen LogP contribution in [0.25, 0.3) is 0 Å². The van der Waals surface area contributed by atoms with Crippen LogP contribution in [0.15, 0.2) is 0 Å². The zero-order chi connectivity index (χ0) is 14.0. The van der Waals surface area contributed by atoms with Crippen LogP contribution in [-0.4, -0.2) is 16.9 Å². The van der Waals surface area contributed by atoms with Gasteiger partial charge in [0.2, 0.25) is 0 Å². The van der Waals surface area contributed by atoms with Gasteiger partial charge in [-0.1, -0.05) is 52.9 Å². The van der Waals surface area contributed by atoms with E-state index in [4.69, 9.17) is 5.11 Å². The smallest absolute Gasteiger partial charge is 0.314 e. The number of carboxylic acid groups (broad SMARTS) is 1. The Kier molecular flexibility index (Phi) is 9.62. The molecule has 0 radical (unpaired) electrons. The number of unbranched alkanes of at least 4 members (excludes halogenated alkanes) is 3. The molecule has 0 spiro atoms. The summed E-state index contributed by atoms with van der Waals surface area (Å²) >= 11 is 0. The minimum atomic E-state index is -0.948. The summed E-state index contributed by atoms with van der Waals surface area (Å²) < 4.78 is 0. The summed E-state index contributed by atoms with van der Waals surface area (Å²) in [5, 5.41) is 9.02. The van der Waals surface area contributed by atoms with Crippen molar-refractivity contribution >= 4 is 11.8 Å². The Morgan fingerprint density at radius 1 is 1.00 bits per heavy atom. The molecule has 0 aliphatic carbocycles. The van der Waals surface area contributed by atoms with Crippen molar-refractivity contribution in [3.63, 3.8) is 0 Å². The molecule has 1 atom stereocenters. The zero-order valence-corrected chi connectivity index (χ0v) is 12.1. The Morgan fingerprint density at radius 3 is 2.00 bits per heavy atom. The molecule has 0 aliphatic heterocycles. The molecule has 0 aliphatic rings. The number of rotatable bonds is 11. The number of aliphatic carboxylic acids is 1. The highest BCUT2D eigenvalue weighted by atomic mass is 16.4. The van der Waals surface area contributed by atoms with Gasteiger partial charge in [-0.25, -0.2) is 0 Å². The highest BCUT2D eigenvalue weighted by Crippen LogP contribution is 2.16. The van der Waals surface area contributed by atoms with Crippen molar-refractivity contribution in [2.24, 2.45) is 11.8 Å². The van der Waals surface area contributed by atoms with Gasteiger partial charge in [-0.05, 0) is 18.8 Å². The molecule has 0 aromatic rings. The van der Waals surface area contributed by atoms with E-state index in [0.29, 0.717) is 12.8 Å². The second-order valence-electron chi connectivity index (χ2n) is 5.49. The van der Waals surface area contributed by atoms with Crippen LogP contribution in [-0.2, 0) is 9.59 Å². The van der Waals surface area contributed by atoms with E-state index in [0.717, 1.165) is 31.6 Å². The third-order valence-corrected chi connectivity index (χ3v) is 3.21. The van der Waals surface area contributed by atoms with Gasteiger partial charge in [-0.15, -0.1) is 0 Å². The maximum atomic E-state index is 11.6. The summed E-state index contributed by atoms with van der Waals surface area (Å²) in [6.07, 6.45) is 7.11. The monoisotopic (exact) mass is 256 g/mol. The maximum absolute atomic E-state index is 11.6. The lowest BCUT2D eigenvalue weighted by Gasteiger charge is -2.10. The number of carboxylic acids is 1. The summed E-state index contributed by atoms with van der Waals surface area (Å²) in [5.74, 6) is -1.08. The van der Waals surface area contributed by atoms with E-state index in [2.05, 4.69) is 13.8 Å². The van der Waals surface area contributed by atoms with Crippen molar-refractivity contribution in [1.29, 1.82) is 0 Å². The van der Waals surface area contributed by atoms with E-state index in [1.54, 1.807) is 0 Å². The van der Waals surface area contributed by atoms with Gasteiger partial charge in [-0.2, -0.15) is 0 Å². The Morgan fingerprint density at radius 2 is 1.56 bits per heavy atom. The van der Waals surface area contributed by atoms with E-state index >= 15 is 0 Å². The highest BCUT2D eigenvalue weighted by Gasteiger charge is 2.24. The molecular formula is C15H28O3. The minimum absolute atomic E-state index is 0.104. The molecule has 0 aromatic carbocycles. The van der Waals surface area contributed by atoms with Crippen LogP contribution < -0.4 is 0 Å². The van der Waals surface area contributed by atoms with Gasteiger partial charge in [0.15, 0.2) is 0 Å². The van der Waals surface area contributed by atoms with Crippen molar-refractivity contribution in [2.75, 3.05) is 0 Å². The molecule has 0 fully saturated rings. The van der Waals surface area contributed by atoms with Crippen LogP contribution in [0.4, 0.5) is 0 Å². The lowest BCUT2D eigenvalue weighted by molar-refractivity contribution is -0.146. The van der Waals surface area contributed by atoms with Crippen LogP contribution in [0.2, 0.25) is 0 Å². The first-order valence-electron chi connectivity index (χ1n) is 7.24. The van der Waals surface area contributed by atoms with E-state index in [9.17, 15) is 9.59 Å². The van der Waals surface area contributed by atoms with Crippen molar-refractivity contribution in [3.05, 3.63) is 0 Å². The van der Waals surface area contributed by atoms with Gasteiger partial charge >= 0.3 is 5.97 Å². The lowest BCUT2D eigenvalue weighted by atomic mass is 9.93. The number of Topliss-reactive ketones (excluding diaryl/α,β-unsaturated/α-hetero) is 1. The molecular weight excluding hydrogens is 228 g/mol. The summed E-state index contributed by atoms with van der Waals surface area (Å²) in [5.41, 5.74) is 0. The molecule has 0 saturated heterocycles. The molecule has 18 heavy (non-hydrogen) atoms. The Balaban J connectivity index is 3.78. The molecule has 0 aromatic heterocycles. The second kappa shape index (κ2) is 10.1. The number of hydrogen-bond acceptors (Lipinski definition) is 2. The average molecular weight is 256 g/mol. The van der Waals surface area contributed by atoms with Gasteiger partial charge in [0.25, 0.3) is 0 Å². The van der Waals surface area contributed by atoms with Gasteiger partial charge in [0.05, 0.1) is 0 Å². The first-order valence-corrected chi connectivity index (χ1v) is 7.24. The Bertz CT molecular complexity index is 246. The largest absolute Gasteiger partial charge is 0.481 e. The third kappa shape index (κ3) is 8.26. The van der Waals surface area contributed by atoms with Crippen LogP contribution in [0.3, 0.4) is 0 Å². The minimum Gasteiger partial charge on any atom is -0.481 e. The van der Waals surface area contributed by atoms with E-state index in [-0.39, 0.29) is 5.78 Å². The molecule has 3 heteroatoms. The molecule has 1 N–H and O–H groups in total. The Labute approximate surface area is 111 Å². The zero-order valence-electron chi connectivity index (χ0n) is 12.1. The van der Waals surface area contributed by atoms with Gasteiger partial charge in [-0.3, -0.25) is 9.59 Å².